The Labute approximate surface area is 78.9 Å². The topological polar surface area (TPSA) is 49.7 Å². The van der Waals surface area contributed by atoms with Crippen LogP contribution < -0.4 is 0 Å². The molecule has 0 aromatic carbocycles. The van der Waals surface area contributed by atoms with Crippen molar-refractivity contribution in [3.8, 4) is 0 Å². The Kier molecular flexibility index (Phi) is 4.09. The predicted molar refractivity (Wildman–Crippen MR) is 52.1 cm³/mol. The monoisotopic (exact) mass is 183 g/mol. The molecule has 3 heteroatoms. The summed E-state index contributed by atoms with van der Waals surface area (Å²) in [5.41, 5.74) is 0.983. The van der Waals surface area contributed by atoms with Crippen LogP contribution in [0.2, 0.25) is 0 Å². The van der Waals surface area contributed by atoms with Gasteiger partial charge in [0.15, 0.2) is 0 Å². The Morgan fingerprint density at radius 2 is 2.31 bits per heavy atom. The van der Waals surface area contributed by atoms with Crippen LogP contribution >= 0.6 is 0 Å². The van der Waals surface area contributed by atoms with Gasteiger partial charge in [-0.1, -0.05) is 6.92 Å². The van der Waals surface area contributed by atoms with E-state index in [-0.39, 0.29) is 18.4 Å². The molecule has 1 aliphatic carbocycles. The van der Waals surface area contributed by atoms with Gasteiger partial charge in [-0.15, -0.1) is 0 Å². The first kappa shape index (κ1) is 10.4. The fraction of sp³-hybridized carbons (Fsp3) is 0.800. The Bertz CT molecular complexity index is 207. The van der Waals surface area contributed by atoms with Gasteiger partial charge in [0.25, 0.3) is 0 Å². The summed E-state index contributed by atoms with van der Waals surface area (Å²) in [7, 11) is 0. The second kappa shape index (κ2) is 5.12. The van der Waals surface area contributed by atoms with E-state index in [1.165, 1.54) is 0 Å². The molecule has 0 aromatic heterocycles. The zero-order valence-electron chi connectivity index (χ0n) is 8.12. The number of Topliss-reactive ketones (excluding diaryl/α,β-unsaturated/α-hetero) is 1. The molecule has 0 unspecified atom stereocenters. The zero-order valence-corrected chi connectivity index (χ0v) is 8.12. The van der Waals surface area contributed by atoms with Crippen molar-refractivity contribution in [3.63, 3.8) is 0 Å². The molecule has 0 aromatic rings. The number of rotatable bonds is 3. The average molecular weight is 183 g/mol. The van der Waals surface area contributed by atoms with E-state index < -0.39 is 0 Å². The lowest BCUT2D eigenvalue weighted by atomic mass is 9.97. The van der Waals surface area contributed by atoms with Crippen molar-refractivity contribution < 1.29 is 9.90 Å². The zero-order chi connectivity index (χ0) is 9.68. The minimum absolute atomic E-state index is 0.000833. The van der Waals surface area contributed by atoms with Crippen molar-refractivity contribution in [2.75, 3.05) is 6.61 Å². The summed E-state index contributed by atoms with van der Waals surface area (Å²) in [5.74, 6) is 0.290. The van der Waals surface area contributed by atoms with Gasteiger partial charge in [-0.2, -0.15) is 0 Å². The highest BCUT2D eigenvalue weighted by atomic mass is 16.3. The maximum Gasteiger partial charge on any atom is 0.138 e. The largest absolute Gasteiger partial charge is 0.394 e. The molecule has 0 saturated heterocycles. The molecule has 0 aliphatic heterocycles. The van der Waals surface area contributed by atoms with Crippen molar-refractivity contribution in [3.05, 3.63) is 0 Å². The van der Waals surface area contributed by atoms with E-state index in [0.717, 1.165) is 25.0 Å². The van der Waals surface area contributed by atoms with Crippen molar-refractivity contribution in [2.45, 2.75) is 45.1 Å². The standard InChI is InChI=1S/C10H17NO2/c1-2-8(7-12)11-9-4-3-5-10(13)6-9/h8,12H,2-7H2,1H3/t8-/m1/s1. The van der Waals surface area contributed by atoms with Crippen LogP contribution in [-0.4, -0.2) is 29.3 Å². The van der Waals surface area contributed by atoms with E-state index in [0.29, 0.717) is 12.8 Å². The SMILES string of the molecule is CC[C@H](CO)N=C1CCCC(=O)C1. The van der Waals surface area contributed by atoms with Gasteiger partial charge in [0.1, 0.15) is 5.78 Å². The van der Waals surface area contributed by atoms with Crippen molar-refractivity contribution >= 4 is 11.5 Å². The minimum Gasteiger partial charge on any atom is -0.394 e. The Hall–Kier alpha value is -0.700. The van der Waals surface area contributed by atoms with E-state index in [2.05, 4.69) is 4.99 Å². The van der Waals surface area contributed by atoms with Crippen LogP contribution in [0.1, 0.15) is 39.0 Å². The lowest BCUT2D eigenvalue weighted by Crippen LogP contribution is -2.18. The molecule has 1 atom stereocenters. The lowest BCUT2D eigenvalue weighted by Gasteiger charge is -2.14. The van der Waals surface area contributed by atoms with Crippen LogP contribution in [0.5, 0.6) is 0 Å². The van der Waals surface area contributed by atoms with E-state index >= 15 is 0 Å². The Morgan fingerprint density at radius 3 is 2.85 bits per heavy atom. The average Bonchev–Trinajstić information content (AvgIpc) is 2.14. The molecule has 1 fully saturated rings. The van der Waals surface area contributed by atoms with E-state index in [9.17, 15) is 4.79 Å². The highest BCUT2D eigenvalue weighted by molar-refractivity contribution is 6.04. The fourth-order valence-corrected chi connectivity index (χ4v) is 1.52. The van der Waals surface area contributed by atoms with Gasteiger partial charge in [-0.3, -0.25) is 9.79 Å². The van der Waals surface area contributed by atoms with Gasteiger partial charge in [0, 0.05) is 18.6 Å². The summed E-state index contributed by atoms with van der Waals surface area (Å²) in [6.07, 6.45) is 3.92. The van der Waals surface area contributed by atoms with E-state index in [1.54, 1.807) is 0 Å². The first-order chi connectivity index (χ1) is 6.26. The number of aliphatic hydroxyl groups is 1. The molecule has 74 valence electrons. The molecule has 0 radical (unpaired) electrons. The number of hydrogen-bond acceptors (Lipinski definition) is 3. The number of ketones is 1. The van der Waals surface area contributed by atoms with Gasteiger partial charge < -0.3 is 5.11 Å². The van der Waals surface area contributed by atoms with Crippen LogP contribution in [0.15, 0.2) is 4.99 Å². The number of carbonyl (C=O) groups is 1. The van der Waals surface area contributed by atoms with Crippen LogP contribution in [0.4, 0.5) is 0 Å². The Morgan fingerprint density at radius 1 is 1.54 bits per heavy atom. The van der Waals surface area contributed by atoms with Crippen molar-refractivity contribution in [1.29, 1.82) is 0 Å². The quantitative estimate of drug-likeness (QED) is 0.717. The minimum atomic E-state index is 0.000833. The molecule has 1 aliphatic rings. The first-order valence-electron chi connectivity index (χ1n) is 4.94. The summed E-state index contributed by atoms with van der Waals surface area (Å²) in [4.78, 5) is 15.5. The number of nitrogens with zero attached hydrogens (tertiary/aromatic N) is 1. The maximum atomic E-state index is 11.1. The highest BCUT2D eigenvalue weighted by Gasteiger charge is 2.15. The molecule has 0 amide bonds. The second-order valence-corrected chi connectivity index (χ2v) is 3.51. The van der Waals surface area contributed by atoms with Crippen LogP contribution in [0, 0.1) is 0 Å². The molecule has 0 spiro atoms. The molecule has 0 bridgehead atoms. The van der Waals surface area contributed by atoms with Gasteiger partial charge in [0.05, 0.1) is 12.6 Å². The second-order valence-electron chi connectivity index (χ2n) is 3.51. The molecule has 1 N–H and O–H groups in total. The summed E-state index contributed by atoms with van der Waals surface area (Å²) < 4.78 is 0. The smallest absolute Gasteiger partial charge is 0.138 e. The van der Waals surface area contributed by atoms with Crippen LogP contribution in [0.3, 0.4) is 0 Å². The molecule has 1 saturated carbocycles. The summed E-state index contributed by atoms with van der Waals surface area (Å²) in [5, 5.41) is 8.93. The van der Waals surface area contributed by atoms with Crippen molar-refractivity contribution in [2.24, 2.45) is 4.99 Å². The van der Waals surface area contributed by atoms with Crippen molar-refractivity contribution in [1.82, 2.24) is 0 Å². The van der Waals surface area contributed by atoms with Crippen LogP contribution in [0.25, 0.3) is 0 Å². The summed E-state index contributed by atoms with van der Waals surface area (Å²) in [6.45, 7) is 2.09. The number of carbonyl (C=O) groups excluding carboxylic acids is 1. The normalized spacial score (nSPS) is 23.5. The first-order valence-corrected chi connectivity index (χ1v) is 4.94. The molecular formula is C10H17NO2. The molecule has 1 rings (SSSR count). The molecule has 0 heterocycles. The highest BCUT2D eigenvalue weighted by Crippen LogP contribution is 2.13. The van der Waals surface area contributed by atoms with Gasteiger partial charge >= 0.3 is 0 Å². The van der Waals surface area contributed by atoms with E-state index in [1.807, 2.05) is 6.92 Å². The summed E-state index contributed by atoms with van der Waals surface area (Å²) >= 11 is 0. The molecular weight excluding hydrogens is 166 g/mol. The summed E-state index contributed by atoms with van der Waals surface area (Å²) in [6, 6.07) is 0.000833. The third-order valence-corrected chi connectivity index (χ3v) is 2.37. The molecule has 3 nitrogen and oxygen atoms in total. The third-order valence-electron chi connectivity index (χ3n) is 2.37. The number of aliphatic imine (C=N–C) groups is 1. The fourth-order valence-electron chi connectivity index (χ4n) is 1.52. The van der Waals surface area contributed by atoms with Gasteiger partial charge in [0.2, 0.25) is 0 Å². The third kappa shape index (κ3) is 3.27. The molecule has 13 heavy (non-hydrogen) atoms. The van der Waals surface area contributed by atoms with E-state index in [4.69, 9.17) is 5.11 Å². The van der Waals surface area contributed by atoms with Gasteiger partial charge in [-0.05, 0) is 19.3 Å². The van der Waals surface area contributed by atoms with Gasteiger partial charge in [-0.25, -0.2) is 0 Å². The Balaban J connectivity index is 2.53. The predicted octanol–water partition coefficient (Wildman–Crippen LogP) is 1.34. The number of aliphatic hydroxyl groups excluding tert-OH is 1. The maximum absolute atomic E-state index is 11.1. The lowest BCUT2D eigenvalue weighted by molar-refractivity contribution is -0.118. The number of hydrogen-bond donors (Lipinski definition) is 1. The van der Waals surface area contributed by atoms with Crippen LogP contribution in [-0.2, 0) is 4.79 Å².